The highest BCUT2D eigenvalue weighted by molar-refractivity contribution is 7.12. The fourth-order valence-electron chi connectivity index (χ4n) is 2.93. The van der Waals surface area contributed by atoms with Crippen molar-refractivity contribution in [2.75, 3.05) is 40.4 Å². The summed E-state index contributed by atoms with van der Waals surface area (Å²) in [4.78, 5) is 26.3. The molecule has 0 spiro atoms. The van der Waals surface area contributed by atoms with E-state index in [9.17, 15) is 18.0 Å². The highest BCUT2D eigenvalue weighted by atomic mass is 32.1. The van der Waals surface area contributed by atoms with Crippen LogP contribution >= 0.6 is 11.3 Å². The lowest BCUT2D eigenvalue weighted by Gasteiger charge is -2.32. The summed E-state index contributed by atoms with van der Waals surface area (Å²) in [6, 6.07) is 3.76. The highest BCUT2D eigenvalue weighted by Gasteiger charge is 2.38. The summed E-state index contributed by atoms with van der Waals surface area (Å²) in [6.07, 6.45) is -5.08. The van der Waals surface area contributed by atoms with Crippen LogP contribution in [-0.2, 0) is 23.1 Å². The van der Waals surface area contributed by atoms with Crippen LogP contribution < -0.4 is 0 Å². The number of carboxylic acid groups (broad SMARTS) is 1. The van der Waals surface area contributed by atoms with E-state index in [0.29, 0.717) is 26.3 Å². The first-order valence-electron chi connectivity index (χ1n) is 9.24. The summed E-state index contributed by atoms with van der Waals surface area (Å²) in [5, 5.41) is 17.4. The number of thiophene rings is 1. The summed E-state index contributed by atoms with van der Waals surface area (Å²) >= 11 is 1.47. The average molecular weight is 463 g/mol. The van der Waals surface area contributed by atoms with E-state index in [1.54, 1.807) is 0 Å². The van der Waals surface area contributed by atoms with Crippen molar-refractivity contribution in [1.29, 1.82) is 0 Å². The van der Waals surface area contributed by atoms with E-state index >= 15 is 0 Å². The number of hydrogen-bond donors (Lipinski definition) is 1. The van der Waals surface area contributed by atoms with Gasteiger partial charge in [0.1, 0.15) is 5.69 Å². The topological polar surface area (TPSA) is 101 Å². The number of halogens is 3. The molecule has 3 heterocycles. The SMILES string of the molecule is CN(C)CCOCC1CN(C(=O)c2cccs2)Cc2nnn(C)c21.O=C(O)C(F)(F)F. The van der Waals surface area contributed by atoms with Crippen LogP contribution in [0.25, 0.3) is 0 Å². The van der Waals surface area contributed by atoms with Gasteiger partial charge < -0.3 is 19.6 Å². The maximum Gasteiger partial charge on any atom is 0.490 e. The Kier molecular flexibility index (Phi) is 8.53. The van der Waals surface area contributed by atoms with Crippen LogP contribution in [0.2, 0.25) is 0 Å². The quantitative estimate of drug-likeness (QED) is 0.653. The zero-order valence-electron chi connectivity index (χ0n) is 17.3. The number of ether oxygens (including phenoxy) is 1. The molecule has 172 valence electrons. The van der Waals surface area contributed by atoms with Gasteiger partial charge in [0.2, 0.25) is 0 Å². The molecule has 2 aromatic rings. The Hall–Kier alpha value is -2.51. The van der Waals surface area contributed by atoms with Crippen molar-refractivity contribution < 1.29 is 32.6 Å². The molecule has 1 aliphatic heterocycles. The van der Waals surface area contributed by atoms with Crippen LogP contribution in [0.3, 0.4) is 0 Å². The van der Waals surface area contributed by atoms with E-state index in [1.165, 1.54) is 11.3 Å². The van der Waals surface area contributed by atoms with E-state index < -0.39 is 12.1 Å². The molecule has 1 atom stereocenters. The number of amides is 1. The van der Waals surface area contributed by atoms with Gasteiger partial charge in [0.25, 0.3) is 5.91 Å². The number of aromatic nitrogens is 3. The highest BCUT2D eigenvalue weighted by Crippen LogP contribution is 2.28. The molecule has 2 aromatic heterocycles. The second kappa shape index (κ2) is 10.7. The van der Waals surface area contributed by atoms with Crippen molar-refractivity contribution in [3.8, 4) is 0 Å². The van der Waals surface area contributed by atoms with Crippen LogP contribution in [0, 0.1) is 0 Å². The largest absolute Gasteiger partial charge is 0.490 e. The summed E-state index contributed by atoms with van der Waals surface area (Å²) in [5.41, 5.74) is 1.95. The number of alkyl halides is 3. The van der Waals surface area contributed by atoms with E-state index in [2.05, 4.69) is 15.2 Å². The Morgan fingerprint density at radius 1 is 1.39 bits per heavy atom. The number of rotatable bonds is 6. The molecule has 0 aromatic carbocycles. The first-order chi connectivity index (χ1) is 14.5. The van der Waals surface area contributed by atoms with Crippen LogP contribution in [0.1, 0.15) is 27.0 Å². The van der Waals surface area contributed by atoms with Crippen LogP contribution in [0.4, 0.5) is 13.2 Å². The zero-order chi connectivity index (χ0) is 23.2. The molecule has 1 amide bonds. The lowest BCUT2D eigenvalue weighted by atomic mass is 9.99. The zero-order valence-corrected chi connectivity index (χ0v) is 18.1. The van der Waals surface area contributed by atoms with Gasteiger partial charge in [0.15, 0.2) is 0 Å². The maximum absolute atomic E-state index is 12.7. The summed E-state index contributed by atoms with van der Waals surface area (Å²) in [7, 11) is 5.94. The lowest BCUT2D eigenvalue weighted by molar-refractivity contribution is -0.192. The molecule has 0 radical (unpaired) electrons. The Morgan fingerprint density at radius 3 is 2.61 bits per heavy atom. The molecular formula is C18H24F3N5O4S. The van der Waals surface area contributed by atoms with Gasteiger partial charge in [0.05, 0.1) is 30.3 Å². The fourth-order valence-corrected chi connectivity index (χ4v) is 3.62. The van der Waals surface area contributed by atoms with Gasteiger partial charge in [-0.05, 0) is 25.5 Å². The third-order valence-corrected chi connectivity index (χ3v) is 5.23. The molecule has 0 fully saturated rings. The van der Waals surface area contributed by atoms with E-state index in [4.69, 9.17) is 14.6 Å². The smallest absolute Gasteiger partial charge is 0.475 e. The third kappa shape index (κ3) is 7.01. The minimum absolute atomic E-state index is 0.0552. The van der Waals surface area contributed by atoms with E-state index in [0.717, 1.165) is 22.8 Å². The normalized spacial score (nSPS) is 16.0. The molecule has 3 rings (SSSR count). The number of aliphatic carboxylic acids is 1. The van der Waals surface area contributed by atoms with Gasteiger partial charge in [-0.2, -0.15) is 13.2 Å². The monoisotopic (exact) mass is 463 g/mol. The van der Waals surface area contributed by atoms with Gasteiger partial charge in [-0.15, -0.1) is 16.4 Å². The Balaban J connectivity index is 0.000000423. The Labute approximate surface area is 181 Å². The van der Waals surface area contributed by atoms with Gasteiger partial charge in [-0.1, -0.05) is 11.3 Å². The van der Waals surface area contributed by atoms with Crippen LogP contribution in [-0.4, -0.2) is 88.4 Å². The minimum atomic E-state index is -5.08. The number of likely N-dealkylation sites (N-methyl/N-ethyl adjacent to an activating group) is 1. The first-order valence-corrected chi connectivity index (χ1v) is 10.1. The predicted molar refractivity (Wildman–Crippen MR) is 106 cm³/mol. The Bertz CT molecular complexity index is 870. The second-order valence-electron chi connectivity index (χ2n) is 7.09. The number of nitrogens with zero attached hydrogens (tertiary/aromatic N) is 5. The van der Waals surface area contributed by atoms with Crippen molar-refractivity contribution in [2.24, 2.45) is 7.05 Å². The van der Waals surface area contributed by atoms with Crippen LogP contribution in [0.15, 0.2) is 17.5 Å². The lowest BCUT2D eigenvalue weighted by Crippen LogP contribution is -2.40. The second-order valence-corrected chi connectivity index (χ2v) is 8.03. The average Bonchev–Trinajstić information content (AvgIpc) is 3.34. The summed E-state index contributed by atoms with van der Waals surface area (Å²) in [5.74, 6) is -2.60. The third-order valence-electron chi connectivity index (χ3n) is 4.38. The molecular weight excluding hydrogens is 439 g/mol. The summed E-state index contributed by atoms with van der Waals surface area (Å²) in [6.45, 7) is 3.25. The van der Waals surface area contributed by atoms with Gasteiger partial charge in [-0.25, -0.2) is 4.79 Å². The number of hydrogen-bond acceptors (Lipinski definition) is 7. The summed E-state index contributed by atoms with van der Waals surface area (Å²) < 4.78 is 39.4. The van der Waals surface area contributed by atoms with Gasteiger partial charge in [-0.3, -0.25) is 9.48 Å². The molecule has 0 saturated carbocycles. The number of carboxylic acids is 1. The number of fused-ring (bicyclic) bond motifs is 1. The van der Waals surface area contributed by atoms with E-state index in [1.807, 2.05) is 48.2 Å². The maximum atomic E-state index is 12.7. The van der Waals surface area contributed by atoms with Crippen molar-refractivity contribution in [1.82, 2.24) is 24.8 Å². The molecule has 0 bridgehead atoms. The number of carbonyl (C=O) groups excluding carboxylic acids is 1. The first kappa shape index (κ1) is 24.8. The van der Waals surface area contributed by atoms with Crippen molar-refractivity contribution >= 4 is 23.2 Å². The van der Waals surface area contributed by atoms with Gasteiger partial charge in [0, 0.05) is 26.1 Å². The molecule has 31 heavy (non-hydrogen) atoms. The molecule has 0 aliphatic carbocycles. The fraction of sp³-hybridized carbons (Fsp3) is 0.556. The molecule has 13 heteroatoms. The number of carbonyl (C=O) groups is 2. The molecule has 1 unspecified atom stereocenters. The molecule has 1 aliphatic rings. The molecule has 9 nitrogen and oxygen atoms in total. The predicted octanol–water partition coefficient (Wildman–Crippen LogP) is 1.83. The van der Waals surface area contributed by atoms with E-state index in [-0.39, 0.29) is 11.8 Å². The Morgan fingerprint density at radius 2 is 2.06 bits per heavy atom. The van der Waals surface area contributed by atoms with Gasteiger partial charge >= 0.3 is 12.1 Å². The van der Waals surface area contributed by atoms with Crippen molar-refractivity contribution in [3.05, 3.63) is 33.8 Å². The molecule has 0 saturated heterocycles. The van der Waals surface area contributed by atoms with Crippen LogP contribution in [0.5, 0.6) is 0 Å². The molecule has 1 N–H and O–H groups in total. The number of aryl methyl sites for hydroxylation is 1. The minimum Gasteiger partial charge on any atom is -0.475 e. The van der Waals surface area contributed by atoms with Crippen molar-refractivity contribution in [3.63, 3.8) is 0 Å². The standard InChI is InChI=1S/C16H23N5O2S.C2HF3O2/c1-19(2)6-7-23-11-12-9-21(16(22)14-5-4-8-24-14)10-13-15(12)20(3)18-17-13;3-2(4,5)1(6)7/h4-5,8,12H,6-7,9-11H2,1-3H3;(H,6,7). The van der Waals surface area contributed by atoms with Crippen molar-refractivity contribution in [2.45, 2.75) is 18.6 Å².